The van der Waals surface area contributed by atoms with Crippen LogP contribution in [0.25, 0.3) is 0 Å². The minimum Gasteiger partial charge on any atom is -0.259 e. The minimum atomic E-state index is -0.470. The average molecular weight is 131 g/mol. The van der Waals surface area contributed by atoms with E-state index in [1.165, 1.54) is 0 Å². The van der Waals surface area contributed by atoms with Crippen molar-refractivity contribution in [3.8, 4) is 0 Å². The van der Waals surface area contributed by atoms with Crippen LogP contribution in [0, 0.1) is 0 Å². The first-order chi connectivity index (χ1) is 3.81. The molecule has 0 aromatic heterocycles. The van der Waals surface area contributed by atoms with Crippen molar-refractivity contribution in [3.63, 3.8) is 0 Å². The van der Waals surface area contributed by atoms with Gasteiger partial charge in [0.1, 0.15) is 0 Å². The second-order valence-electron chi connectivity index (χ2n) is 0.902. The molecule has 0 heterocycles. The molecule has 0 saturated heterocycles. The van der Waals surface area contributed by atoms with Gasteiger partial charge in [0.25, 0.3) is 0 Å². The molecule has 4 heteroatoms. The Labute approximate surface area is 51.2 Å². The monoisotopic (exact) mass is 131 g/mol. The lowest BCUT2D eigenvalue weighted by Crippen LogP contribution is -1.79. The second kappa shape index (κ2) is 4.56. The highest BCUT2D eigenvalue weighted by atomic mass is 32.2. The van der Waals surface area contributed by atoms with Crippen molar-refractivity contribution in [2.75, 3.05) is 5.75 Å². The Morgan fingerprint density at radius 1 is 1.88 bits per heavy atom. The molecular weight excluding hydrogens is 126 g/mol. The highest BCUT2D eigenvalue weighted by Crippen LogP contribution is 2.01. The summed E-state index contributed by atoms with van der Waals surface area (Å²) >= 11 is 0.988. The lowest BCUT2D eigenvalue weighted by Gasteiger charge is -1.80. The van der Waals surface area contributed by atoms with E-state index in [1.54, 1.807) is 0 Å². The molecule has 8 heavy (non-hydrogen) atoms. The fourth-order valence-electron chi connectivity index (χ4n) is 0.193. The third kappa shape index (κ3) is 3.59. The molecule has 0 unspecified atom stereocenters. The zero-order valence-corrected chi connectivity index (χ0v) is 5.20. The number of carbonyl (C=O) groups excluding carboxylic acids is 2. The molecule has 0 radical (unpaired) electrons. The lowest BCUT2D eigenvalue weighted by molar-refractivity contribution is 0.267. The van der Waals surface area contributed by atoms with Crippen molar-refractivity contribution < 1.29 is 9.59 Å². The van der Waals surface area contributed by atoms with Crippen molar-refractivity contribution in [1.82, 2.24) is 0 Å². The number of nitrogens with zero attached hydrogens (tertiary/aromatic N) is 1. The molecule has 3 nitrogen and oxygen atoms in total. The van der Waals surface area contributed by atoms with Gasteiger partial charge in [-0.05, 0) is 5.75 Å². The van der Waals surface area contributed by atoms with E-state index in [0.29, 0.717) is 5.75 Å². The van der Waals surface area contributed by atoms with Crippen LogP contribution >= 0.6 is 11.8 Å². The van der Waals surface area contributed by atoms with Gasteiger partial charge in [-0.25, -0.2) is 4.79 Å². The molecule has 0 aromatic rings. The van der Waals surface area contributed by atoms with Crippen LogP contribution in [-0.4, -0.2) is 17.1 Å². The van der Waals surface area contributed by atoms with Crippen molar-refractivity contribution in [2.45, 2.75) is 6.92 Å². The van der Waals surface area contributed by atoms with E-state index in [1.807, 2.05) is 6.92 Å². The third-order valence-corrected chi connectivity index (χ3v) is 1.03. The van der Waals surface area contributed by atoms with Gasteiger partial charge in [0.2, 0.25) is 6.08 Å². The maximum Gasteiger partial charge on any atom is 0.315 e. The van der Waals surface area contributed by atoms with E-state index >= 15 is 0 Å². The molecule has 44 valence electrons. The normalized spacial score (nSPS) is 7.62. The van der Waals surface area contributed by atoms with Crippen molar-refractivity contribution in [3.05, 3.63) is 0 Å². The number of isocyanates is 1. The Kier molecular flexibility index (Phi) is 4.21. The Morgan fingerprint density at radius 3 is 2.88 bits per heavy atom. The van der Waals surface area contributed by atoms with E-state index in [4.69, 9.17) is 0 Å². The van der Waals surface area contributed by atoms with Gasteiger partial charge in [-0.15, -0.1) is 4.99 Å². The Bertz CT molecular complexity index is 128. The number of aliphatic imine (C=N–C) groups is 1. The number of hydrogen-bond acceptors (Lipinski definition) is 3. The Balaban J connectivity index is 3.49. The molecule has 0 atom stereocenters. The minimum absolute atomic E-state index is 0.470. The van der Waals surface area contributed by atoms with Crippen LogP contribution in [0.15, 0.2) is 4.99 Å². The van der Waals surface area contributed by atoms with Gasteiger partial charge in [-0.1, -0.05) is 18.7 Å². The largest absolute Gasteiger partial charge is 0.315 e. The zero-order chi connectivity index (χ0) is 6.41. The molecule has 0 fully saturated rings. The molecule has 0 bridgehead atoms. The summed E-state index contributed by atoms with van der Waals surface area (Å²) in [7, 11) is 0. The Hall–Kier alpha value is -0.600. The van der Waals surface area contributed by atoms with Crippen LogP contribution in [0.4, 0.5) is 4.79 Å². The van der Waals surface area contributed by atoms with Crippen LogP contribution in [-0.2, 0) is 4.79 Å². The number of amides is 1. The van der Waals surface area contributed by atoms with Crippen LogP contribution in [0.5, 0.6) is 0 Å². The van der Waals surface area contributed by atoms with E-state index in [-0.39, 0.29) is 0 Å². The van der Waals surface area contributed by atoms with Gasteiger partial charge in [0.15, 0.2) is 0 Å². The topological polar surface area (TPSA) is 46.5 Å². The van der Waals surface area contributed by atoms with E-state index in [9.17, 15) is 9.59 Å². The maximum atomic E-state index is 10.2. The SMILES string of the molecule is CCSC(=O)N=C=O. The predicted molar refractivity (Wildman–Crippen MR) is 31.6 cm³/mol. The van der Waals surface area contributed by atoms with E-state index in [0.717, 1.165) is 17.8 Å². The van der Waals surface area contributed by atoms with E-state index < -0.39 is 5.24 Å². The average Bonchev–Trinajstić information content (AvgIpc) is 1.68. The highest BCUT2D eigenvalue weighted by Gasteiger charge is 1.92. The summed E-state index contributed by atoms with van der Waals surface area (Å²) in [5, 5.41) is -0.470. The van der Waals surface area contributed by atoms with Crippen LogP contribution in [0.2, 0.25) is 0 Å². The van der Waals surface area contributed by atoms with Gasteiger partial charge in [-0.3, -0.25) is 4.79 Å². The van der Waals surface area contributed by atoms with Gasteiger partial charge < -0.3 is 0 Å². The summed E-state index contributed by atoms with van der Waals surface area (Å²) in [6.07, 6.45) is 1.16. The number of thioether (sulfide) groups is 1. The molecule has 0 rings (SSSR count). The smallest absolute Gasteiger partial charge is 0.259 e. The first-order valence-corrected chi connectivity index (χ1v) is 3.04. The molecular formula is C4H5NO2S. The standard InChI is InChI=1S/C4H5NO2S/c1-2-8-4(7)5-3-6/h2H2,1H3. The fourth-order valence-corrected chi connectivity index (χ4v) is 0.542. The first-order valence-electron chi connectivity index (χ1n) is 2.06. The summed E-state index contributed by atoms with van der Waals surface area (Å²) in [6, 6.07) is 0. The summed E-state index contributed by atoms with van der Waals surface area (Å²) < 4.78 is 0. The summed E-state index contributed by atoms with van der Waals surface area (Å²) in [5.74, 6) is 0.643. The molecule has 1 amide bonds. The van der Waals surface area contributed by atoms with Gasteiger partial charge in [0.05, 0.1) is 0 Å². The Morgan fingerprint density at radius 2 is 2.50 bits per heavy atom. The zero-order valence-electron chi connectivity index (χ0n) is 4.38. The third-order valence-electron chi connectivity index (χ3n) is 0.405. The highest BCUT2D eigenvalue weighted by molar-refractivity contribution is 8.13. The van der Waals surface area contributed by atoms with E-state index in [2.05, 4.69) is 4.99 Å². The predicted octanol–water partition coefficient (Wildman–Crippen LogP) is 1.20. The second-order valence-corrected chi connectivity index (χ2v) is 2.12. The summed E-state index contributed by atoms with van der Waals surface area (Å²) in [5.41, 5.74) is 0. The number of carbonyl (C=O) groups is 1. The molecule has 0 aliphatic rings. The van der Waals surface area contributed by atoms with Crippen LogP contribution < -0.4 is 0 Å². The number of rotatable bonds is 1. The summed E-state index contributed by atoms with van der Waals surface area (Å²) in [6.45, 7) is 1.81. The molecule has 0 aliphatic heterocycles. The summed E-state index contributed by atoms with van der Waals surface area (Å²) in [4.78, 5) is 22.4. The van der Waals surface area contributed by atoms with Gasteiger partial charge in [0, 0.05) is 0 Å². The fraction of sp³-hybridized carbons (Fsp3) is 0.500. The van der Waals surface area contributed by atoms with Crippen LogP contribution in [0.1, 0.15) is 6.92 Å². The molecule has 0 aromatic carbocycles. The maximum absolute atomic E-state index is 10.2. The van der Waals surface area contributed by atoms with Crippen molar-refractivity contribution in [1.29, 1.82) is 0 Å². The van der Waals surface area contributed by atoms with Gasteiger partial charge in [-0.2, -0.15) is 0 Å². The number of hydrogen-bond donors (Lipinski definition) is 0. The first kappa shape index (κ1) is 7.40. The lowest BCUT2D eigenvalue weighted by atomic mass is 11.0. The van der Waals surface area contributed by atoms with Crippen LogP contribution in [0.3, 0.4) is 0 Å². The quantitative estimate of drug-likeness (QED) is 0.396. The molecule has 0 spiro atoms. The molecule has 0 N–H and O–H groups in total. The van der Waals surface area contributed by atoms with Crippen molar-refractivity contribution in [2.24, 2.45) is 4.99 Å². The molecule has 0 saturated carbocycles. The van der Waals surface area contributed by atoms with Gasteiger partial charge >= 0.3 is 5.24 Å². The molecule has 0 aliphatic carbocycles. The van der Waals surface area contributed by atoms with Crippen molar-refractivity contribution >= 4 is 23.1 Å².